The van der Waals surface area contributed by atoms with E-state index in [-0.39, 0.29) is 5.92 Å². The molecule has 5 nitrogen and oxygen atoms in total. The molecule has 4 heterocycles. The van der Waals surface area contributed by atoms with Crippen molar-refractivity contribution in [2.24, 2.45) is 5.92 Å². The molecule has 1 unspecified atom stereocenters. The Bertz CT molecular complexity index is 698. The largest absolute Gasteiger partial charge is 0.468 e. The van der Waals surface area contributed by atoms with Crippen molar-refractivity contribution in [2.45, 2.75) is 32.4 Å². The second kappa shape index (κ2) is 6.77. The number of aromatic nitrogens is 1. The van der Waals surface area contributed by atoms with Gasteiger partial charge in [-0.2, -0.15) is 0 Å². The summed E-state index contributed by atoms with van der Waals surface area (Å²) in [4.78, 5) is 21.7. The van der Waals surface area contributed by atoms with Crippen molar-refractivity contribution in [1.82, 2.24) is 14.8 Å². The van der Waals surface area contributed by atoms with Gasteiger partial charge in [-0.1, -0.05) is 6.07 Å². The van der Waals surface area contributed by atoms with E-state index in [1.165, 1.54) is 5.56 Å². The van der Waals surface area contributed by atoms with Crippen LogP contribution in [-0.2, 0) is 24.3 Å². The smallest absolute Gasteiger partial charge is 0.227 e. The highest BCUT2D eigenvalue weighted by atomic mass is 16.3. The second-order valence-corrected chi connectivity index (χ2v) is 6.77. The van der Waals surface area contributed by atoms with Gasteiger partial charge >= 0.3 is 0 Å². The molecule has 1 amide bonds. The Morgan fingerprint density at radius 2 is 2.25 bits per heavy atom. The summed E-state index contributed by atoms with van der Waals surface area (Å²) in [6.07, 6.45) is 6.48. The van der Waals surface area contributed by atoms with Crippen molar-refractivity contribution in [3.63, 3.8) is 0 Å². The van der Waals surface area contributed by atoms with E-state index in [1.807, 2.05) is 29.3 Å². The van der Waals surface area contributed by atoms with Crippen LogP contribution in [-0.4, -0.2) is 40.3 Å². The minimum atomic E-state index is 0.104. The Morgan fingerprint density at radius 1 is 1.29 bits per heavy atom. The van der Waals surface area contributed by atoms with E-state index in [0.29, 0.717) is 12.5 Å². The molecule has 2 aliphatic heterocycles. The molecule has 0 radical (unpaired) electrons. The number of carbonyl (C=O) groups is 1. The molecular formula is C19H23N3O2. The summed E-state index contributed by atoms with van der Waals surface area (Å²) < 4.78 is 5.44. The average molecular weight is 325 g/mol. The minimum absolute atomic E-state index is 0.104. The van der Waals surface area contributed by atoms with E-state index in [0.717, 1.165) is 56.9 Å². The summed E-state index contributed by atoms with van der Waals surface area (Å²) >= 11 is 0. The Hall–Kier alpha value is -2.14. The highest BCUT2D eigenvalue weighted by Crippen LogP contribution is 2.24. The fourth-order valence-electron chi connectivity index (χ4n) is 3.84. The zero-order valence-corrected chi connectivity index (χ0v) is 13.9. The van der Waals surface area contributed by atoms with Crippen LogP contribution in [0.25, 0.3) is 0 Å². The molecule has 2 aromatic heterocycles. The first kappa shape index (κ1) is 15.4. The van der Waals surface area contributed by atoms with Gasteiger partial charge in [0, 0.05) is 37.9 Å². The van der Waals surface area contributed by atoms with Crippen LogP contribution < -0.4 is 0 Å². The summed E-state index contributed by atoms with van der Waals surface area (Å²) in [5.74, 6) is 1.38. The molecule has 0 bridgehead atoms. The normalized spacial score (nSPS) is 21.5. The van der Waals surface area contributed by atoms with Gasteiger partial charge in [-0.15, -0.1) is 0 Å². The first-order valence-corrected chi connectivity index (χ1v) is 8.76. The van der Waals surface area contributed by atoms with Crippen LogP contribution in [0.5, 0.6) is 0 Å². The van der Waals surface area contributed by atoms with Crippen molar-refractivity contribution in [3.8, 4) is 0 Å². The average Bonchev–Trinajstić information content (AvgIpc) is 3.14. The quantitative estimate of drug-likeness (QED) is 0.870. The molecule has 2 aliphatic rings. The number of furan rings is 1. The van der Waals surface area contributed by atoms with Crippen LogP contribution in [0.2, 0.25) is 0 Å². The van der Waals surface area contributed by atoms with Gasteiger partial charge in [0.25, 0.3) is 0 Å². The van der Waals surface area contributed by atoms with Gasteiger partial charge < -0.3 is 9.32 Å². The van der Waals surface area contributed by atoms with Crippen molar-refractivity contribution in [1.29, 1.82) is 0 Å². The zero-order valence-electron chi connectivity index (χ0n) is 13.9. The molecule has 0 N–H and O–H groups in total. The van der Waals surface area contributed by atoms with Crippen molar-refractivity contribution < 1.29 is 9.21 Å². The molecule has 0 spiro atoms. The summed E-state index contributed by atoms with van der Waals surface area (Å²) in [6, 6.07) is 7.96. The van der Waals surface area contributed by atoms with Crippen LogP contribution in [0.1, 0.15) is 29.9 Å². The van der Waals surface area contributed by atoms with Gasteiger partial charge in [0.15, 0.2) is 0 Å². The third kappa shape index (κ3) is 3.22. The third-order valence-corrected chi connectivity index (χ3v) is 5.09. The number of piperidine rings is 1. The number of fused-ring (bicyclic) bond motifs is 1. The maximum absolute atomic E-state index is 13.0. The molecule has 4 rings (SSSR count). The lowest BCUT2D eigenvalue weighted by Gasteiger charge is -2.36. The second-order valence-electron chi connectivity index (χ2n) is 6.77. The number of likely N-dealkylation sites (tertiary alicyclic amines) is 1. The molecule has 1 saturated heterocycles. The van der Waals surface area contributed by atoms with E-state index >= 15 is 0 Å². The summed E-state index contributed by atoms with van der Waals surface area (Å²) in [6.45, 7) is 4.16. The molecule has 126 valence electrons. The topological polar surface area (TPSA) is 49.6 Å². The molecule has 0 aliphatic carbocycles. The van der Waals surface area contributed by atoms with Crippen molar-refractivity contribution >= 4 is 5.91 Å². The number of hydrogen-bond acceptors (Lipinski definition) is 4. The van der Waals surface area contributed by atoms with Gasteiger partial charge in [-0.25, -0.2) is 0 Å². The summed E-state index contributed by atoms with van der Waals surface area (Å²) in [5.41, 5.74) is 2.34. The minimum Gasteiger partial charge on any atom is -0.468 e. The Labute approximate surface area is 142 Å². The lowest BCUT2D eigenvalue weighted by atomic mass is 9.95. The van der Waals surface area contributed by atoms with Gasteiger partial charge in [-0.05, 0) is 43.1 Å². The van der Waals surface area contributed by atoms with Gasteiger partial charge in [-0.3, -0.25) is 14.7 Å². The van der Waals surface area contributed by atoms with E-state index in [4.69, 9.17) is 4.42 Å². The zero-order chi connectivity index (χ0) is 16.4. The molecule has 0 aromatic carbocycles. The molecule has 5 heteroatoms. The van der Waals surface area contributed by atoms with Crippen LogP contribution in [0.4, 0.5) is 0 Å². The van der Waals surface area contributed by atoms with E-state index in [9.17, 15) is 4.79 Å². The third-order valence-electron chi connectivity index (χ3n) is 5.09. The van der Waals surface area contributed by atoms with Crippen LogP contribution in [0, 0.1) is 5.92 Å². The highest BCUT2D eigenvalue weighted by molar-refractivity contribution is 5.79. The Morgan fingerprint density at radius 3 is 3.12 bits per heavy atom. The van der Waals surface area contributed by atoms with Gasteiger partial charge in [0.1, 0.15) is 5.76 Å². The van der Waals surface area contributed by atoms with E-state index in [2.05, 4.69) is 16.0 Å². The number of amides is 1. The number of carbonyl (C=O) groups excluding carboxylic acids is 1. The Balaban J connectivity index is 1.39. The predicted molar refractivity (Wildman–Crippen MR) is 90.1 cm³/mol. The summed E-state index contributed by atoms with van der Waals surface area (Å²) in [7, 11) is 0. The molecular weight excluding hydrogens is 302 g/mol. The highest BCUT2D eigenvalue weighted by Gasteiger charge is 2.31. The van der Waals surface area contributed by atoms with Gasteiger partial charge in [0.2, 0.25) is 5.91 Å². The monoisotopic (exact) mass is 325 g/mol. The van der Waals surface area contributed by atoms with Crippen LogP contribution >= 0.6 is 0 Å². The fraction of sp³-hybridized carbons (Fsp3) is 0.474. The molecule has 24 heavy (non-hydrogen) atoms. The maximum Gasteiger partial charge on any atom is 0.227 e. The van der Waals surface area contributed by atoms with Crippen LogP contribution in [0.15, 0.2) is 41.1 Å². The molecule has 0 saturated carbocycles. The lowest BCUT2D eigenvalue weighted by molar-refractivity contribution is -0.138. The maximum atomic E-state index is 13.0. The number of pyridine rings is 1. The summed E-state index contributed by atoms with van der Waals surface area (Å²) in [5, 5.41) is 0. The predicted octanol–water partition coefficient (Wildman–Crippen LogP) is 2.47. The van der Waals surface area contributed by atoms with E-state index in [1.54, 1.807) is 6.26 Å². The number of nitrogens with zero attached hydrogens (tertiary/aromatic N) is 3. The lowest BCUT2D eigenvalue weighted by Crippen LogP contribution is -2.46. The van der Waals surface area contributed by atoms with E-state index < -0.39 is 0 Å². The Kier molecular flexibility index (Phi) is 4.34. The fourth-order valence-corrected chi connectivity index (χ4v) is 3.84. The van der Waals surface area contributed by atoms with Gasteiger partial charge in [0.05, 0.1) is 18.7 Å². The molecule has 1 atom stereocenters. The number of hydrogen-bond donors (Lipinski definition) is 0. The first-order chi connectivity index (χ1) is 11.8. The SMILES string of the molecule is O=C(C1CCCN(Cc2ccco2)C1)N1CCc2ncccc2C1. The van der Waals surface area contributed by atoms with Crippen molar-refractivity contribution in [2.75, 3.05) is 19.6 Å². The first-order valence-electron chi connectivity index (χ1n) is 8.76. The van der Waals surface area contributed by atoms with Crippen LogP contribution in [0.3, 0.4) is 0 Å². The standard InChI is InChI=1S/C19H23N3O2/c23-19(22-10-7-18-15(13-22)4-1-8-20-18)16-5-2-9-21(12-16)14-17-6-3-11-24-17/h1,3-4,6,8,11,16H,2,5,7,9-10,12-14H2. The number of rotatable bonds is 3. The molecule has 1 fully saturated rings. The van der Waals surface area contributed by atoms with Crippen molar-refractivity contribution in [3.05, 3.63) is 53.7 Å². The molecule has 2 aromatic rings.